The standard InChI is InChI=1S/C21H24ClFN8O/c1-31(2)7-3-6-26-20-16(13-8-14(11-25-10-13)19(24)30-32)12-27-21(29-20)28-15-4-5-18(23)17(22)9-15/h4-5,8-12,32H,3,6-7H2,1-2H3,(H2,24,30)(H2,26,27,28,29). The number of nitrogens with zero attached hydrogens (tertiary/aromatic N) is 4. The molecule has 0 aliphatic heterocycles. The highest BCUT2D eigenvalue weighted by Gasteiger charge is 2.13. The fourth-order valence-electron chi connectivity index (χ4n) is 2.88. The van der Waals surface area contributed by atoms with Gasteiger partial charge in [0, 0.05) is 47.5 Å². The van der Waals surface area contributed by atoms with Crippen LogP contribution in [0.2, 0.25) is 5.02 Å². The lowest BCUT2D eigenvalue weighted by atomic mass is 10.1. The molecule has 2 aromatic heterocycles. The van der Waals surface area contributed by atoms with E-state index in [9.17, 15) is 4.39 Å². The van der Waals surface area contributed by atoms with Gasteiger partial charge in [-0.25, -0.2) is 9.37 Å². The number of pyridine rings is 1. The van der Waals surface area contributed by atoms with Gasteiger partial charge in [0.2, 0.25) is 5.95 Å². The van der Waals surface area contributed by atoms with Gasteiger partial charge < -0.3 is 15.5 Å². The highest BCUT2D eigenvalue weighted by Crippen LogP contribution is 2.28. The zero-order chi connectivity index (χ0) is 23.1. The third kappa shape index (κ3) is 6.10. The van der Waals surface area contributed by atoms with Crippen LogP contribution in [0.3, 0.4) is 0 Å². The lowest BCUT2D eigenvalue weighted by Gasteiger charge is -2.15. The van der Waals surface area contributed by atoms with Gasteiger partial charge in [0.05, 0.1) is 5.02 Å². The van der Waals surface area contributed by atoms with Gasteiger partial charge in [0.25, 0.3) is 0 Å². The van der Waals surface area contributed by atoms with Gasteiger partial charge in [-0.15, -0.1) is 0 Å². The van der Waals surface area contributed by atoms with Crippen LogP contribution >= 0.6 is 11.6 Å². The number of hydroxylamine groups is 1. The summed E-state index contributed by atoms with van der Waals surface area (Å²) in [7, 11) is 4.01. The molecule has 1 aromatic carbocycles. The Morgan fingerprint density at radius 3 is 2.75 bits per heavy atom. The Morgan fingerprint density at radius 1 is 1.22 bits per heavy atom. The summed E-state index contributed by atoms with van der Waals surface area (Å²) in [5.41, 5.74) is 4.13. The van der Waals surface area contributed by atoms with E-state index in [-0.39, 0.29) is 10.9 Å². The van der Waals surface area contributed by atoms with Gasteiger partial charge in [-0.1, -0.05) is 11.6 Å². The normalized spacial score (nSPS) is 10.8. The molecule has 32 heavy (non-hydrogen) atoms. The van der Waals surface area contributed by atoms with E-state index in [1.165, 1.54) is 18.3 Å². The molecular formula is C21H24ClFN8O. The number of halogens is 2. The van der Waals surface area contributed by atoms with Crippen molar-refractivity contribution >= 4 is 34.9 Å². The van der Waals surface area contributed by atoms with Crippen molar-refractivity contribution in [1.29, 1.82) is 5.41 Å². The molecule has 9 nitrogen and oxygen atoms in total. The predicted octanol–water partition coefficient (Wildman–Crippen LogP) is 3.74. The van der Waals surface area contributed by atoms with Gasteiger partial charge in [-0.05, 0) is 51.3 Å². The first-order valence-corrected chi connectivity index (χ1v) is 10.2. The van der Waals surface area contributed by atoms with Crippen molar-refractivity contribution in [2.45, 2.75) is 6.42 Å². The van der Waals surface area contributed by atoms with Crippen molar-refractivity contribution in [1.82, 2.24) is 25.3 Å². The minimum atomic E-state index is -0.507. The lowest BCUT2D eigenvalue weighted by Crippen LogP contribution is -2.19. The first-order chi connectivity index (χ1) is 15.4. The highest BCUT2D eigenvalue weighted by molar-refractivity contribution is 6.31. The second-order valence-electron chi connectivity index (χ2n) is 7.24. The summed E-state index contributed by atoms with van der Waals surface area (Å²) in [5, 5.41) is 23.1. The number of nitrogens with one attached hydrogen (secondary N) is 4. The molecule has 168 valence electrons. The molecule has 0 radical (unpaired) electrons. The zero-order valence-corrected chi connectivity index (χ0v) is 18.4. The predicted molar refractivity (Wildman–Crippen MR) is 123 cm³/mol. The topological polar surface area (TPSA) is 122 Å². The Kier molecular flexibility index (Phi) is 7.87. The largest absolute Gasteiger partial charge is 0.369 e. The van der Waals surface area contributed by atoms with E-state index in [4.69, 9.17) is 22.2 Å². The van der Waals surface area contributed by atoms with Crippen LogP contribution in [-0.2, 0) is 0 Å². The van der Waals surface area contributed by atoms with E-state index in [2.05, 4.69) is 30.5 Å². The Balaban J connectivity index is 1.91. The summed E-state index contributed by atoms with van der Waals surface area (Å²) in [6, 6.07) is 5.97. The van der Waals surface area contributed by atoms with Gasteiger partial charge in [0.1, 0.15) is 11.6 Å². The number of aromatic nitrogens is 3. The quantitative estimate of drug-likeness (QED) is 0.142. The smallest absolute Gasteiger partial charge is 0.229 e. The number of rotatable bonds is 9. The molecule has 3 rings (SSSR count). The molecule has 5 N–H and O–H groups in total. The van der Waals surface area contributed by atoms with E-state index < -0.39 is 5.82 Å². The monoisotopic (exact) mass is 458 g/mol. The molecule has 11 heteroatoms. The average molecular weight is 459 g/mol. The van der Waals surface area contributed by atoms with Crippen LogP contribution in [0.25, 0.3) is 11.1 Å². The maximum atomic E-state index is 13.4. The summed E-state index contributed by atoms with van der Waals surface area (Å²) in [4.78, 5) is 15.2. The van der Waals surface area contributed by atoms with E-state index in [1.54, 1.807) is 24.5 Å². The van der Waals surface area contributed by atoms with Crippen molar-refractivity contribution in [3.63, 3.8) is 0 Å². The van der Waals surface area contributed by atoms with E-state index >= 15 is 0 Å². The number of amidine groups is 1. The highest BCUT2D eigenvalue weighted by atomic mass is 35.5. The molecule has 0 unspecified atom stereocenters. The molecule has 3 aromatic rings. The Hall–Kier alpha value is -3.34. The van der Waals surface area contributed by atoms with Crippen LogP contribution in [0.1, 0.15) is 12.0 Å². The van der Waals surface area contributed by atoms with E-state index in [0.29, 0.717) is 40.7 Å². The van der Waals surface area contributed by atoms with Crippen molar-refractivity contribution in [3.05, 3.63) is 59.3 Å². The van der Waals surface area contributed by atoms with Crippen LogP contribution < -0.4 is 16.1 Å². The van der Waals surface area contributed by atoms with Crippen molar-refractivity contribution < 1.29 is 9.60 Å². The van der Waals surface area contributed by atoms with Crippen LogP contribution in [0.5, 0.6) is 0 Å². The molecule has 0 aliphatic rings. The second-order valence-corrected chi connectivity index (χ2v) is 7.65. The van der Waals surface area contributed by atoms with E-state index in [1.807, 2.05) is 19.6 Å². The summed E-state index contributed by atoms with van der Waals surface area (Å²) in [6.07, 6.45) is 5.62. The fourth-order valence-corrected chi connectivity index (χ4v) is 3.06. The Bertz CT molecular complexity index is 1100. The SMILES string of the molecule is CN(C)CCCNc1nc(Nc2ccc(F)c(Cl)c2)ncc1-c1cncc(C(=N)NO)c1. The zero-order valence-electron chi connectivity index (χ0n) is 17.7. The van der Waals surface area contributed by atoms with E-state index in [0.717, 1.165) is 13.0 Å². The fraction of sp³-hybridized carbons (Fsp3) is 0.238. The van der Waals surface area contributed by atoms with Crippen molar-refractivity contribution in [2.75, 3.05) is 37.8 Å². The van der Waals surface area contributed by atoms with Crippen LogP contribution in [0, 0.1) is 11.2 Å². The van der Waals surface area contributed by atoms with Crippen LogP contribution in [-0.4, -0.2) is 58.1 Å². The van der Waals surface area contributed by atoms with Gasteiger partial charge in [0.15, 0.2) is 5.84 Å². The summed E-state index contributed by atoms with van der Waals surface area (Å²) < 4.78 is 13.4. The van der Waals surface area contributed by atoms with Gasteiger partial charge >= 0.3 is 0 Å². The van der Waals surface area contributed by atoms with Crippen molar-refractivity contribution in [3.8, 4) is 11.1 Å². The molecule has 0 saturated carbocycles. The van der Waals surface area contributed by atoms with Crippen LogP contribution in [0.15, 0.2) is 42.9 Å². The molecule has 0 spiro atoms. The van der Waals surface area contributed by atoms with Crippen molar-refractivity contribution in [2.24, 2.45) is 0 Å². The third-order valence-electron chi connectivity index (χ3n) is 4.49. The Morgan fingerprint density at radius 2 is 2.03 bits per heavy atom. The maximum Gasteiger partial charge on any atom is 0.229 e. The first-order valence-electron chi connectivity index (χ1n) is 9.79. The molecular weight excluding hydrogens is 435 g/mol. The van der Waals surface area contributed by atoms with Gasteiger partial charge in [-0.2, -0.15) is 4.98 Å². The summed E-state index contributed by atoms with van der Waals surface area (Å²) in [5.74, 6) is 0.191. The minimum absolute atomic E-state index is 0.00326. The molecule has 0 amide bonds. The average Bonchev–Trinajstić information content (AvgIpc) is 2.79. The Labute approximate surface area is 190 Å². The summed E-state index contributed by atoms with van der Waals surface area (Å²) in [6.45, 7) is 1.58. The van der Waals surface area contributed by atoms with Gasteiger partial charge in [-0.3, -0.25) is 21.1 Å². The maximum absolute atomic E-state index is 13.4. The first kappa shape index (κ1) is 23.3. The third-order valence-corrected chi connectivity index (χ3v) is 4.78. The molecule has 0 fully saturated rings. The molecule has 0 bridgehead atoms. The molecule has 0 atom stereocenters. The van der Waals surface area contributed by atoms with Crippen LogP contribution in [0.4, 0.5) is 21.8 Å². The number of hydrogen-bond acceptors (Lipinski definition) is 8. The number of anilines is 3. The number of benzene rings is 1. The molecule has 0 saturated heterocycles. The molecule has 0 aliphatic carbocycles. The summed E-state index contributed by atoms with van der Waals surface area (Å²) >= 11 is 5.86. The minimum Gasteiger partial charge on any atom is -0.369 e. The number of hydrogen-bond donors (Lipinski definition) is 5. The lowest BCUT2D eigenvalue weighted by molar-refractivity contribution is 0.234. The molecule has 2 heterocycles. The second kappa shape index (κ2) is 10.8.